The number of hydrogen-bond acceptors (Lipinski definition) is 4. The Bertz CT molecular complexity index is 984. The third-order valence-corrected chi connectivity index (χ3v) is 5.80. The zero-order valence-corrected chi connectivity index (χ0v) is 17.4. The van der Waals surface area contributed by atoms with Gasteiger partial charge in [0.1, 0.15) is 5.82 Å². The molecule has 1 saturated heterocycles. The van der Waals surface area contributed by atoms with Crippen molar-refractivity contribution >= 4 is 17.9 Å². The summed E-state index contributed by atoms with van der Waals surface area (Å²) < 4.78 is 4.88. The van der Waals surface area contributed by atoms with Crippen molar-refractivity contribution in [1.29, 1.82) is 0 Å². The predicted octanol–water partition coefficient (Wildman–Crippen LogP) is 3.86. The smallest absolute Gasteiger partial charge is 0.199 e. The predicted molar refractivity (Wildman–Crippen MR) is 116 cm³/mol. The van der Waals surface area contributed by atoms with E-state index >= 15 is 0 Å². The maximum atomic E-state index is 5.72. The molecule has 0 unspecified atom stereocenters. The first-order chi connectivity index (χ1) is 13.6. The Balaban J connectivity index is 1.40. The highest BCUT2D eigenvalue weighted by Gasteiger charge is 2.19. The second-order valence-electron chi connectivity index (χ2n) is 7.49. The first kappa shape index (κ1) is 18.9. The van der Waals surface area contributed by atoms with Crippen molar-refractivity contribution in [2.24, 2.45) is 0 Å². The molecule has 0 radical (unpaired) electrons. The van der Waals surface area contributed by atoms with E-state index in [1.54, 1.807) is 0 Å². The van der Waals surface area contributed by atoms with Gasteiger partial charge in [0.25, 0.3) is 0 Å². The molecule has 0 bridgehead atoms. The van der Waals surface area contributed by atoms with Crippen LogP contribution in [0.1, 0.15) is 17.0 Å². The molecule has 0 amide bonds. The van der Waals surface area contributed by atoms with Gasteiger partial charge in [0.2, 0.25) is 0 Å². The topological polar surface area (TPSA) is 29.2 Å². The van der Waals surface area contributed by atoms with E-state index in [0.717, 1.165) is 50.0 Å². The van der Waals surface area contributed by atoms with E-state index in [4.69, 9.17) is 17.3 Å². The van der Waals surface area contributed by atoms with Crippen LogP contribution in [0.2, 0.25) is 0 Å². The Morgan fingerprint density at radius 1 is 0.929 bits per heavy atom. The summed E-state index contributed by atoms with van der Waals surface area (Å²) in [6.45, 7) is 9.79. The van der Waals surface area contributed by atoms with Gasteiger partial charge in [-0.05, 0) is 49.3 Å². The molecule has 146 valence electrons. The molecule has 1 aliphatic heterocycles. The van der Waals surface area contributed by atoms with Crippen molar-refractivity contribution < 1.29 is 0 Å². The average molecular weight is 394 g/mol. The fourth-order valence-corrected chi connectivity index (χ4v) is 4.05. The molecule has 3 aromatic rings. The lowest BCUT2D eigenvalue weighted by Gasteiger charge is -2.36. The largest absolute Gasteiger partial charge is 0.369 e. The molecule has 5 nitrogen and oxygen atoms in total. The van der Waals surface area contributed by atoms with Crippen LogP contribution in [0.4, 0.5) is 5.69 Å². The van der Waals surface area contributed by atoms with E-state index in [2.05, 4.69) is 69.8 Å². The van der Waals surface area contributed by atoms with Crippen LogP contribution in [0.15, 0.2) is 54.6 Å². The molecule has 0 aliphatic carbocycles. The van der Waals surface area contributed by atoms with Gasteiger partial charge in [0.15, 0.2) is 4.77 Å². The molecule has 0 N–H and O–H groups in total. The summed E-state index contributed by atoms with van der Waals surface area (Å²) in [5, 5.41) is 4.71. The van der Waals surface area contributed by atoms with Gasteiger partial charge < -0.3 is 4.90 Å². The molecule has 2 aromatic carbocycles. The zero-order valence-electron chi connectivity index (χ0n) is 16.6. The molecule has 6 heteroatoms. The van der Waals surface area contributed by atoms with Crippen molar-refractivity contribution in [2.45, 2.75) is 27.1 Å². The minimum absolute atomic E-state index is 0.753. The van der Waals surface area contributed by atoms with Crippen molar-refractivity contribution in [2.75, 3.05) is 31.1 Å². The molecule has 0 saturated carbocycles. The van der Waals surface area contributed by atoms with Crippen LogP contribution < -0.4 is 4.90 Å². The highest BCUT2D eigenvalue weighted by molar-refractivity contribution is 7.71. The first-order valence-corrected chi connectivity index (χ1v) is 10.2. The summed E-state index contributed by atoms with van der Waals surface area (Å²) in [5.41, 5.74) is 3.87. The molecule has 0 spiro atoms. The zero-order chi connectivity index (χ0) is 19.5. The van der Waals surface area contributed by atoms with Gasteiger partial charge in [0.05, 0.1) is 13.2 Å². The lowest BCUT2D eigenvalue weighted by atomic mass is 10.2. The van der Waals surface area contributed by atoms with Gasteiger partial charge in [0, 0.05) is 31.9 Å². The minimum Gasteiger partial charge on any atom is -0.369 e. The van der Waals surface area contributed by atoms with Crippen LogP contribution in [-0.4, -0.2) is 45.4 Å². The van der Waals surface area contributed by atoms with Gasteiger partial charge >= 0.3 is 0 Å². The highest BCUT2D eigenvalue weighted by atomic mass is 32.1. The van der Waals surface area contributed by atoms with Crippen molar-refractivity contribution in [3.63, 3.8) is 0 Å². The molecule has 1 fully saturated rings. The van der Waals surface area contributed by atoms with E-state index in [0.29, 0.717) is 0 Å². The van der Waals surface area contributed by atoms with Gasteiger partial charge in [-0.3, -0.25) is 9.47 Å². The summed E-state index contributed by atoms with van der Waals surface area (Å²) in [6, 6.07) is 19.2. The number of benzene rings is 2. The average Bonchev–Trinajstić information content (AvgIpc) is 2.97. The molecule has 1 aromatic heterocycles. The van der Waals surface area contributed by atoms with E-state index in [1.807, 2.05) is 17.7 Å². The van der Waals surface area contributed by atoms with Gasteiger partial charge in [-0.1, -0.05) is 42.5 Å². The Kier molecular flexibility index (Phi) is 5.59. The van der Waals surface area contributed by atoms with Crippen LogP contribution >= 0.6 is 12.2 Å². The number of piperazine rings is 1. The number of aromatic nitrogens is 3. The van der Waals surface area contributed by atoms with E-state index in [1.165, 1.54) is 16.8 Å². The fraction of sp³-hybridized carbons (Fsp3) is 0.364. The fourth-order valence-electron chi connectivity index (χ4n) is 3.75. The maximum Gasteiger partial charge on any atom is 0.199 e. The highest BCUT2D eigenvalue weighted by Crippen LogP contribution is 2.18. The Labute approximate surface area is 171 Å². The Morgan fingerprint density at radius 3 is 2.39 bits per heavy atom. The standard InChI is InChI=1S/C22H27N5S/c1-18-7-6-10-21(15-18)25-13-11-24(12-14-25)17-27-22(28)26(19(2)23-27)16-20-8-4-3-5-9-20/h3-10,15H,11-14,16-17H2,1-2H3. The minimum atomic E-state index is 0.753. The van der Waals surface area contributed by atoms with E-state index in [-0.39, 0.29) is 0 Å². The van der Waals surface area contributed by atoms with Gasteiger partial charge in [-0.25, -0.2) is 4.68 Å². The Hall–Kier alpha value is -2.44. The molecule has 2 heterocycles. The quantitative estimate of drug-likeness (QED) is 0.616. The number of aryl methyl sites for hydroxylation is 2. The summed E-state index contributed by atoms with van der Waals surface area (Å²) in [5.74, 6) is 0.965. The lowest BCUT2D eigenvalue weighted by Crippen LogP contribution is -2.47. The number of rotatable bonds is 5. The van der Waals surface area contributed by atoms with Crippen LogP contribution in [0.3, 0.4) is 0 Å². The summed E-state index contributed by atoms with van der Waals surface area (Å²) in [7, 11) is 0. The van der Waals surface area contributed by atoms with Crippen molar-refractivity contribution in [3.05, 3.63) is 76.3 Å². The molecule has 0 atom stereocenters. The second kappa shape index (κ2) is 8.29. The Morgan fingerprint density at radius 2 is 1.68 bits per heavy atom. The van der Waals surface area contributed by atoms with Crippen LogP contribution in [-0.2, 0) is 13.2 Å². The summed E-state index contributed by atoms with van der Waals surface area (Å²) in [6.07, 6.45) is 0. The van der Waals surface area contributed by atoms with Crippen LogP contribution in [0.5, 0.6) is 0 Å². The van der Waals surface area contributed by atoms with Crippen molar-refractivity contribution in [3.8, 4) is 0 Å². The molecule has 4 rings (SSSR count). The number of hydrogen-bond donors (Lipinski definition) is 0. The third kappa shape index (κ3) is 4.18. The van der Waals surface area contributed by atoms with Crippen LogP contribution in [0.25, 0.3) is 0 Å². The van der Waals surface area contributed by atoms with E-state index in [9.17, 15) is 0 Å². The first-order valence-electron chi connectivity index (χ1n) is 9.82. The van der Waals surface area contributed by atoms with Crippen LogP contribution in [0, 0.1) is 18.6 Å². The monoisotopic (exact) mass is 393 g/mol. The maximum absolute atomic E-state index is 5.72. The SMILES string of the molecule is Cc1cccc(N2CCN(Cn3nc(C)n(Cc4ccccc4)c3=S)CC2)c1. The van der Waals surface area contributed by atoms with E-state index < -0.39 is 0 Å². The summed E-state index contributed by atoms with van der Waals surface area (Å²) in [4.78, 5) is 4.89. The molecular formula is C22H27N5S. The molecule has 28 heavy (non-hydrogen) atoms. The van der Waals surface area contributed by atoms with Crippen molar-refractivity contribution in [1.82, 2.24) is 19.2 Å². The molecule has 1 aliphatic rings. The molecular weight excluding hydrogens is 366 g/mol. The normalized spacial score (nSPS) is 15.1. The number of anilines is 1. The third-order valence-electron chi connectivity index (χ3n) is 5.36. The van der Waals surface area contributed by atoms with Gasteiger partial charge in [-0.2, -0.15) is 5.10 Å². The van der Waals surface area contributed by atoms with Gasteiger partial charge in [-0.15, -0.1) is 0 Å². The number of nitrogens with zero attached hydrogens (tertiary/aromatic N) is 5. The summed E-state index contributed by atoms with van der Waals surface area (Å²) >= 11 is 5.72. The lowest BCUT2D eigenvalue weighted by molar-refractivity contribution is 0.194. The second-order valence-corrected chi connectivity index (χ2v) is 7.85.